The van der Waals surface area contributed by atoms with Crippen molar-refractivity contribution in [2.45, 2.75) is 13.1 Å². The number of nitrogens with zero attached hydrogens (tertiary/aromatic N) is 5. The van der Waals surface area contributed by atoms with Gasteiger partial charge in [-0.25, -0.2) is 9.97 Å². The summed E-state index contributed by atoms with van der Waals surface area (Å²) >= 11 is 0. The lowest BCUT2D eigenvalue weighted by Gasteiger charge is -2.36. The van der Waals surface area contributed by atoms with E-state index in [-0.39, 0.29) is 0 Å². The standard InChI is InChI=1S/C17H16F3N5/c1-12-2-3-13(10-21)16(23-12)25-8-6-24(7-9-25)15-5-4-14(11-22-15)17(18,19)20/h2-5,11H,6-9H2,1H3. The van der Waals surface area contributed by atoms with Crippen molar-refractivity contribution in [2.24, 2.45) is 0 Å². The molecule has 1 aliphatic heterocycles. The molecule has 25 heavy (non-hydrogen) atoms. The molecule has 1 fully saturated rings. The first kappa shape index (κ1) is 17.0. The molecule has 1 aliphatic rings. The molecule has 0 unspecified atom stereocenters. The van der Waals surface area contributed by atoms with Gasteiger partial charge in [0.05, 0.1) is 11.1 Å². The van der Waals surface area contributed by atoms with E-state index in [0.29, 0.717) is 43.4 Å². The van der Waals surface area contributed by atoms with Crippen molar-refractivity contribution < 1.29 is 13.2 Å². The largest absolute Gasteiger partial charge is 0.417 e. The zero-order chi connectivity index (χ0) is 18.0. The lowest BCUT2D eigenvalue weighted by Crippen LogP contribution is -2.47. The Kier molecular flexibility index (Phi) is 4.49. The molecule has 3 rings (SSSR count). The Morgan fingerprint density at radius 3 is 2.28 bits per heavy atom. The Labute approximate surface area is 143 Å². The molecule has 0 aliphatic carbocycles. The van der Waals surface area contributed by atoms with Crippen LogP contribution in [0.1, 0.15) is 16.8 Å². The van der Waals surface area contributed by atoms with Crippen molar-refractivity contribution in [1.29, 1.82) is 5.26 Å². The van der Waals surface area contributed by atoms with Gasteiger partial charge in [-0.3, -0.25) is 0 Å². The first-order chi connectivity index (χ1) is 11.9. The summed E-state index contributed by atoms with van der Waals surface area (Å²) < 4.78 is 37.8. The molecule has 0 aromatic carbocycles. The summed E-state index contributed by atoms with van der Waals surface area (Å²) in [5.41, 5.74) is 0.602. The number of rotatable bonds is 2. The molecule has 0 N–H and O–H groups in total. The topological polar surface area (TPSA) is 56.1 Å². The van der Waals surface area contributed by atoms with E-state index in [4.69, 9.17) is 0 Å². The third-order valence-electron chi connectivity index (χ3n) is 4.11. The minimum Gasteiger partial charge on any atom is -0.353 e. The predicted octanol–water partition coefficient (Wildman–Crippen LogP) is 3.00. The SMILES string of the molecule is Cc1ccc(C#N)c(N2CCN(c3ccc(C(F)(F)F)cn3)CC2)n1. The van der Waals surface area contributed by atoms with Gasteiger partial charge in [-0.1, -0.05) is 0 Å². The minimum atomic E-state index is -4.38. The van der Waals surface area contributed by atoms with E-state index < -0.39 is 11.7 Å². The predicted molar refractivity (Wildman–Crippen MR) is 87.4 cm³/mol. The van der Waals surface area contributed by atoms with Crippen LogP contribution in [0.5, 0.6) is 0 Å². The van der Waals surface area contributed by atoms with Gasteiger partial charge in [0.2, 0.25) is 0 Å². The normalized spacial score (nSPS) is 15.2. The summed E-state index contributed by atoms with van der Waals surface area (Å²) in [5, 5.41) is 9.23. The van der Waals surface area contributed by atoms with Crippen LogP contribution in [-0.2, 0) is 6.18 Å². The molecule has 1 saturated heterocycles. The summed E-state index contributed by atoms with van der Waals surface area (Å²) in [6, 6.07) is 8.13. The van der Waals surface area contributed by atoms with E-state index in [9.17, 15) is 18.4 Å². The number of anilines is 2. The first-order valence-corrected chi connectivity index (χ1v) is 7.79. The van der Waals surface area contributed by atoms with Gasteiger partial charge in [0, 0.05) is 38.1 Å². The van der Waals surface area contributed by atoms with Crippen LogP contribution in [0.15, 0.2) is 30.5 Å². The van der Waals surface area contributed by atoms with E-state index in [2.05, 4.69) is 16.0 Å². The fourth-order valence-electron chi connectivity index (χ4n) is 2.76. The van der Waals surface area contributed by atoms with E-state index in [1.807, 2.05) is 16.7 Å². The van der Waals surface area contributed by atoms with Crippen LogP contribution in [0, 0.1) is 18.3 Å². The second-order valence-corrected chi connectivity index (χ2v) is 5.81. The molecule has 0 bridgehead atoms. The lowest BCUT2D eigenvalue weighted by molar-refractivity contribution is -0.137. The second-order valence-electron chi connectivity index (χ2n) is 5.81. The average molecular weight is 347 g/mol. The zero-order valence-electron chi connectivity index (χ0n) is 13.6. The highest BCUT2D eigenvalue weighted by atomic mass is 19.4. The van der Waals surface area contributed by atoms with Crippen molar-refractivity contribution in [3.63, 3.8) is 0 Å². The molecule has 2 aromatic rings. The van der Waals surface area contributed by atoms with Crippen molar-refractivity contribution in [3.8, 4) is 6.07 Å². The molecular weight excluding hydrogens is 331 g/mol. The molecule has 0 spiro atoms. The van der Waals surface area contributed by atoms with Crippen molar-refractivity contribution in [2.75, 3.05) is 36.0 Å². The summed E-state index contributed by atoms with van der Waals surface area (Å²) in [4.78, 5) is 12.3. The van der Waals surface area contributed by atoms with Crippen LogP contribution in [0.2, 0.25) is 0 Å². The highest BCUT2D eigenvalue weighted by Crippen LogP contribution is 2.29. The van der Waals surface area contributed by atoms with Gasteiger partial charge in [0.1, 0.15) is 17.7 Å². The molecule has 2 aromatic heterocycles. The summed E-state index contributed by atoms with van der Waals surface area (Å²) in [6.07, 6.45) is -3.52. The average Bonchev–Trinajstić information content (AvgIpc) is 2.61. The summed E-state index contributed by atoms with van der Waals surface area (Å²) in [5.74, 6) is 1.17. The van der Waals surface area contributed by atoms with Gasteiger partial charge >= 0.3 is 6.18 Å². The van der Waals surface area contributed by atoms with Crippen LogP contribution >= 0.6 is 0 Å². The number of pyridine rings is 2. The van der Waals surface area contributed by atoms with Crippen LogP contribution in [-0.4, -0.2) is 36.1 Å². The molecule has 0 radical (unpaired) electrons. The molecule has 0 atom stereocenters. The lowest BCUT2D eigenvalue weighted by atomic mass is 10.2. The fourth-order valence-corrected chi connectivity index (χ4v) is 2.76. The van der Waals surface area contributed by atoms with Crippen LogP contribution in [0.25, 0.3) is 0 Å². The summed E-state index contributed by atoms with van der Waals surface area (Å²) in [7, 11) is 0. The number of hydrogen-bond donors (Lipinski definition) is 0. The highest BCUT2D eigenvalue weighted by Gasteiger charge is 2.31. The van der Waals surface area contributed by atoms with Crippen LogP contribution in [0.4, 0.5) is 24.8 Å². The quantitative estimate of drug-likeness (QED) is 0.836. The number of aryl methyl sites for hydroxylation is 1. The first-order valence-electron chi connectivity index (χ1n) is 7.79. The highest BCUT2D eigenvalue weighted by molar-refractivity contribution is 5.55. The molecule has 0 saturated carbocycles. The van der Waals surface area contributed by atoms with Crippen molar-refractivity contribution in [3.05, 3.63) is 47.3 Å². The Morgan fingerprint density at radius 1 is 1.04 bits per heavy atom. The molecule has 0 amide bonds. The third-order valence-corrected chi connectivity index (χ3v) is 4.11. The number of alkyl halides is 3. The Morgan fingerprint density at radius 2 is 1.72 bits per heavy atom. The number of hydrogen-bond acceptors (Lipinski definition) is 5. The number of halogens is 3. The maximum atomic E-state index is 12.6. The molecule has 5 nitrogen and oxygen atoms in total. The Bertz CT molecular complexity index is 787. The smallest absolute Gasteiger partial charge is 0.353 e. The van der Waals surface area contributed by atoms with Gasteiger partial charge in [-0.05, 0) is 31.2 Å². The van der Waals surface area contributed by atoms with E-state index >= 15 is 0 Å². The van der Waals surface area contributed by atoms with Crippen molar-refractivity contribution >= 4 is 11.6 Å². The monoisotopic (exact) mass is 347 g/mol. The van der Waals surface area contributed by atoms with Crippen molar-refractivity contribution in [1.82, 2.24) is 9.97 Å². The number of aromatic nitrogens is 2. The number of nitriles is 1. The number of piperazine rings is 1. The fraction of sp³-hybridized carbons (Fsp3) is 0.353. The van der Waals surface area contributed by atoms with E-state index in [1.165, 1.54) is 6.07 Å². The van der Waals surface area contributed by atoms with Gasteiger partial charge in [0.25, 0.3) is 0 Å². The Balaban J connectivity index is 1.70. The Hall–Kier alpha value is -2.82. The molecule has 8 heteroatoms. The maximum absolute atomic E-state index is 12.6. The minimum absolute atomic E-state index is 0.519. The zero-order valence-corrected chi connectivity index (χ0v) is 13.6. The van der Waals surface area contributed by atoms with E-state index in [1.54, 1.807) is 12.1 Å². The molecular formula is C17H16F3N5. The van der Waals surface area contributed by atoms with Gasteiger partial charge in [-0.2, -0.15) is 18.4 Å². The molecule has 3 heterocycles. The van der Waals surface area contributed by atoms with Gasteiger partial charge in [-0.15, -0.1) is 0 Å². The third kappa shape index (κ3) is 3.65. The maximum Gasteiger partial charge on any atom is 0.417 e. The van der Waals surface area contributed by atoms with Gasteiger partial charge < -0.3 is 9.80 Å². The van der Waals surface area contributed by atoms with Gasteiger partial charge in [0.15, 0.2) is 0 Å². The van der Waals surface area contributed by atoms with Crippen LogP contribution in [0.3, 0.4) is 0 Å². The molecule has 130 valence electrons. The summed E-state index contributed by atoms with van der Waals surface area (Å²) in [6.45, 7) is 4.30. The van der Waals surface area contributed by atoms with Crippen LogP contribution < -0.4 is 9.80 Å². The second kappa shape index (κ2) is 6.59. The van der Waals surface area contributed by atoms with E-state index in [0.717, 1.165) is 18.0 Å².